The lowest BCUT2D eigenvalue weighted by Crippen LogP contribution is -2.48. The molecule has 0 aliphatic carbocycles. The van der Waals surface area contributed by atoms with Gasteiger partial charge >= 0.3 is 6.03 Å². The van der Waals surface area contributed by atoms with Crippen LogP contribution in [0.1, 0.15) is 68.1 Å². The van der Waals surface area contributed by atoms with Crippen LogP contribution in [0.25, 0.3) is 0 Å². The Morgan fingerprint density at radius 1 is 0.736 bits per heavy atom. The highest BCUT2D eigenvalue weighted by Gasteiger charge is 2.26. The topological polar surface area (TPSA) is 225 Å². The van der Waals surface area contributed by atoms with Crippen LogP contribution in [0.5, 0.6) is 5.75 Å². The number of benzene rings is 3. The van der Waals surface area contributed by atoms with Crippen molar-refractivity contribution in [1.82, 2.24) is 26.6 Å². The second-order valence-electron chi connectivity index (χ2n) is 12.6. The van der Waals surface area contributed by atoms with Crippen molar-refractivity contribution >= 4 is 35.4 Å². The number of urea groups is 1. The molecule has 0 aromatic heterocycles. The number of hydrogen-bond acceptors (Lipinski definition) is 7. The fraction of sp³-hybridized carbons (Fsp3) is 0.410. The SMILES string of the molecule is CCC(=O)NCCNC(=O)/N=C(/N)NCCC[C@@H](NC(=O)C(CCCc1ccccc1)c1ccc(NCCCN)cc1)C(=O)NCc1ccc(O)cc1. The van der Waals surface area contributed by atoms with E-state index in [1.807, 2.05) is 42.5 Å². The second-order valence-corrected chi connectivity index (χ2v) is 12.6. The van der Waals surface area contributed by atoms with Gasteiger partial charge in [-0.1, -0.05) is 61.5 Å². The fourth-order valence-electron chi connectivity index (χ4n) is 5.45. The fourth-order valence-corrected chi connectivity index (χ4v) is 5.45. The van der Waals surface area contributed by atoms with Gasteiger partial charge in [-0.3, -0.25) is 14.4 Å². The van der Waals surface area contributed by atoms with E-state index in [4.69, 9.17) is 11.5 Å². The van der Waals surface area contributed by atoms with E-state index in [0.717, 1.165) is 42.6 Å². The molecule has 3 rings (SSSR count). The summed E-state index contributed by atoms with van der Waals surface area (Å²) in [6, 6.07) is 22.9. The van der Waals surface area contributed by atoms with E-state index >= 15 is 0 Å². The lowest BCUT2D eigenvalue weighted by molar-refractivity contribution is -0.130. The first-order valence-corrected chi connectivity index (χ1v) is 18.2. The predicted molar refractivity (Wildman–Crippen MR) is 208 cm³/mol. The molecular formula is C39H55N9O5. The number of aryl methyl sites for hydroxylation is 1. The van der Waals surface area contributed by atoms with E-state index in [9.17, 15) is 24.3 Å². The number of nitrogens with two attached hydrogens (primary N) is 2. The summed E-state index contributed by atoms with van der Waals surface area (Å²) in [7, 11) is 0. The average molecular weight is 730 g/mol. The number of nitrogens with zero attached hydrogens (tertiary/aromatic N) is 1. The number of aliphatic imine (C=N–C) groups is 1. The minimum atomic E-state index is -0.866. The molecule has 0 bridgehead atoms. The molecule has 286 valence electrons. The van der Waals surface area contributed by atoms with Gasteiger partial charge in [0, 0.05) is 44.8 Å². The molecule has 0 fully saturated rings. The Balaban J connectivity index is 1.68. The number of rotatable bonds is 22. The van der Waals surface area contributed by atoms with Crippen LogP contribution in [-0.4, -0.2) is 73.6 Å². The molecule has 0 aliphatic heterocycles. The second kappa shape index (κ2) is 23.8. The largest absolute Gasteiger partial charge is 0.508 e. The third-order valence-electron chi connectivity index (χ3n) is 8.42. The predicted octanol–water partition coefficient (Wildman–Crippen LogP) is 2.98. The Bertz CT molecular complexity index is 1590. The number of phenolic OH excluding ortho intramolecular Hbond substituents is 1. The summed E-state index contributed by atoms with van der Waals surface area (Å²) in [6.45, 7) is 4.04. The molecule has 1 unspecified atom stereocenters. The van der Waals surface area contributed by atoms with Crippen molar-refractivity contribution in [3.63, 3.8) is 0 Å². The minimum absolute atomic E-state index is 0.100. The van der Waals surface area contributed by atoms with Crippen molar-refractivity contribution in [1.29, 1.82) is 0 Å². The number of carbonyl (C=O) groups excluding carboxylic acids is 4. The zero-order valence-electron chi connectivity index (χ0n) is 30.5. The van der Waals surface area contributed by atoms with E-state index in [0.29, 0.717) is 25.8 Å². The molecule has 14 nitrogen and oxygen atoms in total. The maximum absolute atomic E-state index is 14.1. The third-order valence-corrected chi connectivity index (χ3v) is 8.42. The van der Waals surface area contributed by atoms with Gasteiger partial charge in [0.15, 0.2) is 5.96 Å². The Morgan fingerprint density at radius 2 is 1.45 bits per heavy atom. The van der Waals surface area contributed by atoms with Gasteiger partial charge in [0.2, 0.25) is 17.7 Å². The number of aromatic hydroxyl groups is 1. The van der Waals surface area contributed by atoms with Crippen LogP contribution in [0.4, 0.5) is 10.5 Å². The average Bonchev–Trinajstić information content (AvgIpc) is 3.16. The first-order valence-electron chi connectivity index (χ1n) is 18.2. The van der Waals surface area contributed by atoms with Crippen LogP contribution >= 0.6 is 0 Å². The summed E-state index contributed by atoms with van der Waals surface area (Å²) in [5, 5.41) is 27.0. The normalized spacial score (nSPS) is 12.2. The van der Waals surface area contributed by atoms with Gasteiger partial charge in [0.1, 0.15) is 11.8 Å². The van der Waals surface area contributed by atoms with Crippen LogP contribution in [0.2, 0.25) is 0 Å². The zero-order chi connectivity index (χ0) is 38.3. The zero-order valence-corrected chi connectivity index (χ0v) is 30.5. The number of nitrogens with one attached hydrogen (secondary N) is 6. The molecule has 0 radical (unpaired) electrons. The first kappa shape index (κ1) is 41.8. The highest BCUT2D eigenvalue weighted by molar-refractivity contribution is 5.92. The number of anilines is 1. The number of guanidine groups is 1. The molecule has 11 N–H and O–H groups in total. The lowest BCUT2D eigenvalue weighted by atomic mass is 9.91. The molecule has 3 aromatic carbocycles. The Kier molecular flexibility index (Phi) is 18.7. The Morgan fingerprint density at radius 3 is 2.15 bits per heavy atom. The van der Waals surface area contributed by atoms with Gasteiger partial charge in [-0.2, -0.15) is 4.99 Å². The van der Waals surface area contributed by atoms with E-state index in [1.165, 1.54) is 5.56 Å². The van der Waals surface area contributed by atoms with Crippen molar-refractivity contribution < 1.29 is 24.3 Å². The molecule has 0 aliphatic rings. The molecule has 0 saturated heterocycles. The van der Waals surface area contributed by atoms with E-state index in [1.54, 1.807) is 31.2 Å². The molecule has 0 spiro atoms. The van der Waals surface area contributed by atoms with E-state index in [2.05, 4.69) is 49.0 Å². The lowest BCUT2D eigenvalue weighted by Gasteiger charge is -2.23. The Hall–Kier alpha value is -5.63. The van der Waals surface area contributed by atoms with Crippen molar-refractivity contribution in [3.05, 3.63) is 95.6 Å². The van der Waals surface area contributed by atoms with Crippen molar-refractivity contribution in [2.75, 3.05) is 38.0 Å². The van der Waals surface area contributed by atoms with Gasteiger partial charge in [0.05, 0.1) is 5.92 Å². The van der Waals surface area contributed by atoms with Crippen molar-refractivity contribution in [2.45, 2.75) is 70.4 Å². The van der Waals surface area contributed by atoms with Gasteiger partial charge in [-0.05, 0) is 86.0 Å². The molecule has 0 saturated carbocycles. The van der Waals surface area contributed by atoms with Crippen LogP contribution in [0.3, 0.4) is 0 Å². The number of hydrogen-bond donors (Lipinski definition) is 9. The number of phenols is 1. The van der Waals surface area contributed by atoms with Crippen molar-refractivity contribution in [2.24, 2.45) is 16.5 Å². The quantitative estimate of drug-likeness (QED) is 0.0421. The number of carbonyl (C=O) groups is 4. The minimum Gasteiger partial charge on any atom is -0.508 e. The summed E-state index contributed by atoms with van der Waals surface area (Å²) >= 11 is 0. The summed E-state index contributed by atoms with van der Waals surface area (Å²) < 4.78 is 0. The van der Waals surface area contributed by atoms with Crippen LogP contribution in [-0.2, 0) is 27.3 Å². The smallest absolute Gasteiger partial charge is 0.344 e. The summed E-state index contributed by atoms with van der Waals surface area (Å²) in [5.41, 5.74) is 15.3. The standard InChI is InChI=1S/C39H55N9O5/c1-2-35(50)43-25-26-45-39(53)48-38(41)44-23-7-13-34(37(52)46-27-29-14-20-32(49)21-15-29)47-36(51)33(12-6-11-28-9-4-3-5-10-28)30-16-18-31(19-17-30)42-24-8-22-40/h3-5,9-10,14-21,33-34,42,49H,2,6-8,11-13,22-27,40H2,1H3,(H,43,50)(H,46,52)(H,47,51)(H4,41,44,45,48,53)/t33?,34-/m1/s1. The van der Waals surface area contributed by atoms with Crippen molar-refractivity contribution in [3.8, 4) is 5.75 Å². The highest BCUT2D eigenvalue weighted by Crippen LogP contribution is 2.25. The summed E-state index contributed by atoms with van der Waals surface area (Å²) in [5.74, 6) is -1.21. The van der Waals surface area contributed by atoms with Crippen LogP contribution in [0, 0.1) is 0 Å². The maximum atomic E-state index is 14.1. The molecule has 5 amide bonds. The molecule has 3 aromatic rings. The summed E-state index contributed by atoms with van der Waals surface area (Å²) in [4.78, 5) is 54.8. The molecule has 2 atom stereocenters. The first-order chi connectivity index (χ1) is 25.7. The Labute approximate surface area is 312 Å². The summed E-state index contributed by atoms with van der Waals surface area (Å²) in [6.07, 6.45) is 4.03. The highest BCUT2D eigenvalue weighted by atomic mass is 16.3. The molecule has 14 heteroatoms. The van der Waals surface area contributed by atoms with Gasteiger partial charge < -0.3 is 48.5 Å². The molecular weight excluding hydrogens is 674 g/mol. The van der Waals surface area contributed by atoms with Crippen LogP contribution in [0.15, 0.2) is 83.9 Å². The maximum Gasteiger partial charge on any atom is 0.344 e. The van der Waals surface area contributed by atoms with Gasteiger partial charge in [-0.25, -0.2) is 4.79 Å². The van der Waals surface area contributed by atoms with Crippen LogP contribution < -0.4 is 43.4 Å². The third kappa shape index (κ3) is 16.5. The monoisotopic (exact) mass is 729 g/mol. The van der Waals surface area contributed by atoms with Gasteiger partial charge in [0.25, 0.3) is 0 Å². The molecule has 0 heterocycles. The molecule has 53 heavy (non-hydrogen) atoms. The van der Waals surface area contributed by atoms with E-state index in [-0.39, 0.29) is 62.0 Å². The number of amides is 5. The van der Waals surface area contributed by atoms with Gasteiger partial charge in [-0.15, -0.1) is 0 Å². The van der Waals surface area contributed by atoms with E-state index < -0.39 is 18.0 Å².